The minimum atomic E-state index is -0.379. The molecule has 0 aromatic carbocycles. The maximum atomic E-state index is 9.74. The molecular formula is C15H24O2. The van der Waals surface area contributed by atoms with E-state index in [4.69, 9.17) is 4.74 Å². The van der Waals surface area contributed by atoms with E-state index >= 15 is 0 Å². The fourth-order valence-corrected chi connectivity index (χ4v) is 4.63. The molecule has 0 spiro atoms. The molecule has 2 fully saturated rings. The smallest absolute Gasteiger partial charge is 0.115 e. The molecule has 1 saturated carbocycles. The van der Waals surface area contributed by atoms with Crippen molar-refractivity contribution in [3.63, 3.8) is 0 Å². The van der Waals surface area contributed by atoms with Crippen LogP contribution in [0, 0.1) is 29.1 Å². The highest BCUT2D eigenvalue weighted by atomic mass is 16.5. The number of aliphatic hydroxyl groups is 1. The van der Waals surface area contributed by atoms with Crippen molar-refractivity contribution in [3.05, 3.63) is 12.2 Å². The van der Waals surface area contributed by atoms with Gasteiger partial charge in [-0.2, -0.15) is 0 Å². The molecular weight excluding hydrogens is 212 g/mol. The largest absolute Gasteiger partial charge is 0.393 e. The van der Waals surface area contributed by atoms with Crippen molar-refractivity contribution in [2.75, 3.05) is 13.2 Å². The summed E-state index contributed by atoms with van der Waals surface area (Å²) in [5.41, 5.74) is -0.220. The van der Waals surface area contributed by atoms with Gasteiger partial charge in [0, 0.05) is 5.41 Å². The van der Waals surface area contributed by atoms with E-state index in [0.29, 0.717) is 11.8 Å². The van der Waals surface area contributed by atoms with Crippen molar-refractivity contribution in [1.29, 1.82) is 0 Å². The highest BCUT2D eigenvalue weighted by Gasteiger charge is 2.63. The van der Waals surface area contributed by atoms with Crippen LogP contribution in [-0.4, -0.2) is 23.9 Å². The lowest BCUT2D eigenvalue weighted by molar-refractivity contribution is -0.0811. The zero-order valence-electron chi connectivity index (χ0n) is 11.1. The summed E-state index contributed by atoms with van der Waals surface area (Å²) in [5, 5.41) is 9.74. The molecule has 0 amide bonds. The van der Waals surface area contributed by atoms with Crippen LogP contribution < -0.4 is 0 Å². The second kappa shape index (κ2) is 3.58. The second-order valence-corrected chi connectivity index (χ2v) is 6.77. The first-order chi connectivity index (χ1) is 8.04. The summed E-state index contributed by atoms with van der Waals surface area (Å²) >= 11 is 0. The van der Waals surface area contributed by atoms with Crippen LogP contribution in [0.5, 0.6) is 0 Å². The van der Waals surface area contributed by atoms with Gasteiger partial charge >= 0.3 is 0 Å². The van der Waals surface area contributed by atoms with Crippen molar-refractivity contribution in [2.24, 2.45) is 29.1 Å². The number of ether oxygens (including phenoxy) is 1. The second-order valence-electron chi connectivity index (χ2n) is 6.77. The third-order valence-electron chi connectivity index (χ3n) is 5.94. The molecule has 0 radical (unpaired) electrons. The van der Waals surface area contributed by atoms with Gasteiger partial charge in [0.15, 0.2) is 0 Å². The molecule has 96 valence electrons. The summed E-state index contributed by atoms with van der Waals surface area (Å²) < 4.78 is 6.02. The van der Waals surface area contributed by atoms with Crippen LogP contribution in [0.25, 0.3) is 0 Å². The average molecular weight is 236 g/mol. The minimum absolute atomic E-state index is 0.134. The number of hydrogen-bond acceptors (Lipinski definition) is 2. The van der Waals surface area contributed by atoms with E-state index < -0.39 is 0 Å². The van der Waals surface area contributed by atoms with E-state index in [-0.39, 0.29) is 17.6 Å². The Morgan fingerprint density at radius 1 is 1.47 bits per heavy atom. The SMILES string of the molecule is CC(C)[C@H]1CC[C@]2(C)[C@H]3CO[C@]2(CO)C=C[C@@H]13. The van der Waals surface area contributed by atoms with Gasteiger partial charge in [0.1, 0.15) is 5.60 Å². The Morgan fingerprint density at radius 3 is 2.88 bits per heavy atom. The first-order valence-corrected chi connectivity index (χ1v) is 6.98. The van der Waals surface area contributed by atoms with Crippen LogP contribution in [0.15, 0.2) is 12.2 Å². The van der Waals surface area contributed by atoms with Gasteiger partial charge in [-0.3, -0.25) is 0 Å². The number of allylic oxidation sites excluding steroid dienone is 1. The fourth-order valence-electron chi connectivity index (χ4n) is 4.63. The Hall–Kier alpha value is -0.340. The Morgan fingerprint density at radius 2 is 2.24 bits per heavy atom. The summed E-state index contributed by atoms with van der Waals surface area (Å²) in [4.78, 5) is 0. The van der Waals surface area contributed by atoms with Crippen LogP contribution in [0.1, 0.15) is 33.6 Å². The molecule has 1 heterocycles. The Kier molecular flexibility index (Phi) is 2.47. The zero-order valence-corrected chi connectivity index (χ0v) is 11.1. The topological polar surface area (TPSA) is 29.5 Å². The van der Waals surface area contributed by atoms with Crippen molar-refractivity contribution in [2.45, 2.75) is 39.2 Å². The van der Waals surface area contributed by atoms with Crippen LogP contribution >= 0.6 is 0 Å². The lowest BCUT2D eigenvalue weighted by atomic mass is 9.50. The Bertz CT molecular complexity index is 349. The van der Waals surface area contributed by atoms with E-state index in [1.54, 1.807) is 0 Å². The first kappa shape index (κ1) is 11.7. The van der Waals surface area contributed by atoms with Gasteiger partial charge in [-0.1, -0.05) is 32.9 Å². The van der Waals surface area contributed by atoms with Crippen molar-refractivity contribution in [1.82, 2.24) is 0 Å². The lowest BCUT2D eigenvalue weighted by Crippen LogP contribution is -2.55. The molecule has 17 heavy (non-hydrogen) atoms. The summed E-state index contributed by atoms with van der Waals surface area (Å²) in [5.74, 6) is 2.82. The standard InChI is InChI=1S/C15H24O2/c1-10(2)11-4-6-14(3)13-8-17-15(14,9-16)7-5-12(11)13/h5,7,10-13,16H,4,6,8-9H2,1-3H3/t11-,12+,13+,14-,15+/m1/s1. The van der Waals surface area contributed by atoms with Gasteiger partial charge in [-0.05, 0) is 36.5 Å². The molecule has 0 unspecified atom stereocenters. The van der Waals surface area contributed by atoms with Crippen LogP contribution in [0.2, 0.25) is 0 Å². The molecule has 3 aliphatic rings. The van der Waals surface area contributed by atoms with E-state index in [2.05, 4.69) is 32.9 Å². The Labute approximate surface area is 104 Å². The number of aliphatic hydroxyl groups excluding tert-OH is 1. The van der Waals surface area contributed by atoms with Crippen molar-refractivity contribution in [3.8, 4) is 0 Å². The summed E-state index contributed by atoms with van der Waals surface area (Å²) in [6.07, 6.45) is 7.00. The van der Waals surface area contributed by atoms with Crippen molar-refractivity contribution >= 4 is 0 Å². The summed E-state index contributed by atoms with van der Waals surface area (Å²) in [6.45, 7) is 7.97. The molecule has 4 bridgehead atoms. The summed E-state index contributed by atoms with van der Waals surface area (Å²) in [7, 11) is 0. The third-order valence-corrected chi connectivity index (χ3v) is 5.94. The molecule has 2 heteroatoms. The van der Waals surface area contributed by atoms with Gasteiger partial charge in [0.25, 0.3) is 0 Å². The highest BCUT2D eigenvalue weighted by molar-refractivity contribution is 5.25. The lowest BCUT2D eigenvalue weighted by Gasteiger charge is -2.53. The predicted octanol–water partition coefficient (Wildman–Crippen LogP) is 2.62. The van der Waals surface area contributed by atoms with Crippen LogP contribution in [-0.2, 0) is 4.74 Å². The molecule has 5 atom stereocenters. The minimum Gasteiger partial charge on any atom is -0.393 e. The molecule has 2 nitrogen and oxygen atoms in total. The normalized spacial score (nSPS) is 52.2. The van der Waals surface area contributed by atoms with Gasteiger partial charge < -0.3 is 9.84 Å². The van der Waals surface area contributed by atoms with Gasteiger partial charge in [0.2, 0.25) is 0 Å². The number of rotatable bonds is 2. The van der Waals surface area contributed by atoms with Crippen LogP contribution in [0.3, 0.4) is 0 Å². The fraction of sp³-hybridized carbons (Fsp3) is 0.867. The predicted molar refractivity (Wildman–Crippen MR) is 67.6 cm³/mol. The van der Waals surface area contributed by atoms with Gasteiger partial charge in [0.05, 0.1) is 13.2 Å². The molecule has 1 saturated heterocycles. The van der Waals surface area contributed by atoms with Gasteiger partial charge in [-0.25, -0.2) is 0 Å². The molecule has 0 aromatic rings. The van der Waals surface area contributed by atoms with Gasteiger partial charge in [-0.15, -0.1) is 0 Å². The highest BCUT2D eigenvalue weighted by Crippen LogP contribution is 2.62. The third kappa shape index (κ3) is 1.29. The van der Waals surface area contributed by atoms with E-state index in [1.807, 2.05) is 0 Å². The van der Waals surface area contributed by atoms with Crippen molar-refractivity contribution < 1.29 is 9.84 Å². The maximum absolute atomic E-state index is 9.74. The zero-order chi connectivity index (χ0) is 12.3. The van der Waals surface area contributed by atoms with Crippen LogP contribution in [0.4, 0.5) is 0 Å². The molecule has 2 aliphatic carbocycles. The molecule has 1 aliphatic heterocycles. The first-order valence-electron chi connectivity index (χ1n) is 6.98. The monoisotopic (exact) mass is 236 g/mol. The Balaban J connectivity index is 2.02. The molecule has 1 N–H and O–H groups in total. The molecule has 0 aromatic heterocycles. The van der Waals surface area contributed by atoms with E-state index in [9.17, 15) is 5.11 Å². The maximum Gasteiger partial charge on any atom is 0.115 e. The van der Waals surface area contributed by atoms with E-state index in [0.717, 1.165) is 18.4 Å². The summed E-state index contributed by atoms with van der Waals surface area (Å²) in [6, 6.07) is 0. The quantitative estimate of drug-likeness (QED) is 0.747. The molecule has 3 rings (SSSR count). The van der Waals surface area contributed by atoms with E-state index in [1.165, 1.54) is 12.8 Å². The average Bonchev–Trinajstić information content (AvgIpc) is 2.46. The number of hydrogen-bond donors (Lipinski definition) is 1.